The molecule has 24 heavy (non-hydrogen) atoms. The van der Waals surface area contributed by atoms with Crippen LogP contribution in [0.25, 0.3) is 0 Å². The number of carbonyl (C=O) groups is 2. The largest absolute Gasteiger partial charge is 0.493 e. The molecule has 0 aliphatic carbocycles. The summed E-state index contributed by atoms with van der Waals surface area (Å²) in [6.07, 6.45) is 0.689. The van der Waals surface area contributed by atoms with Crippen LogP contribution in [0.2, 0.25) is 10.0 Å². The van der Waals surface area contributed by atoms with E-state index in [9.17, 15) is 9.59 Å². The summed E-state index contributed by atoms with van der Waals surface area (Å²) in [5.74, 6) is 0.426. The first kappa shape index (κ1) is 18.1. The number of halogens is 2. The van der Waals surface area contributed by atoms with E-state index < -0.39 is 0 Å². The van der Waals surface area contributed by atoms with Crippen LogP contribution in [0, 0.1) is 0 Å². The van der Waals surface area contributed by atoms with Crippen LogP contribution in [0.15, 0.2) is 36.4 Å². The van der Waals surface area contributed by atoms with Gasteiger partial charge in [-0.1, -0.05) is 29.3 Å². The number of methoxy groups -OCH3 is 1. The van der Waals surface area contributed by atoms with Crippen molar-refractivity contribution in [2.45, 2.75) is 6.54 Å². The van der Waals surface area contributed by atoms with E-state index in [-0.39, 0.29) is 19.1 Å². The molecule has 1 amide bonds. The van der Waals surface area contributed by atoms with Gasteiger partial charge in [0, 0.05) is 22.2 Å². The fourth-order valence-corrected chi connectivity index (χ4v) is 2.41. The summed E-state index contributed by atoms with van der Waals surface area (Å²) in [5, 5.41) is 3.70. The molecule has 126 valence electrons. The van der Waals surface area contributed by atoms with Gasteiger partial charge in [-0.2, -0.15) is 0 Å². The predicted molar refractivity (Wildman–Crippen MR) is 92.2 cm³/mol. The Morgan fingerprint density at radius 2 is 1.96 bits per heavy atom. The minimum atomic E-state index is -0.334. The van der Waals surface area contributed by atoms with Crippen molar-refractivity contribution >= 4 is 35.4 Å². The maximum absolute atomic E-state index is 11.9. The molecule has 1 N–H and O–H groups in total. The van der Waals surface area contributed by atoms with Gasteiger partial charge in [0.2, 0.25) is 0 Å². The number of benzene rings is 2. The Kier molecular flexibility index (Phi) is 6.46. The maximum Gasteiger partial charge on any atom is 0.258 e. The van der Waals surface area contributed by atoms with Crippen LogP contribution >= 0.6 is 23.2 Å². The lowest BCUT2D eigenvalue weighted by atomic mass is 10.2. The van der Waals surface area contributed by atoms with Crippen molar-refractivity contribution in [3.8, 4) is 11.5 Å². The van der Waals surface area contributed by atoms with E-state index in [0.717, 1.165) is 5.56 Å². The molecule has 0 radical (unpaired) electrons. The molecule has 7 heteroatoms. The van der Waals surface area contributed by atoms with Gasteiger partial charge >= 0.3 is 0 Å². The summed E-state index contributed by atoms with van der Waals surface area (Å²) in [6.45, 7) is 0.0353. The molecule has 0 heterocycles. The molecular weight excluding hydrogens is 353 g/mol. The maximum atomic E-state index is 11.9. The van der Waals surface area contributed by atoms with Crippen LogP contribution < -0.4 is 14.8 Å². The quantitative estimate of drug-likeness (QED) is 0.760. The number of amides is 1. The molecular formula is C17H15Cl2NO4. The molecule has 0 bridgehead atoms. The lowest BCUT2D eigenvalue weighted by molar-refractivity contribution is -0.123. The fraction of sp³-hybridized carbons (Fsp3) is 0.176. The number of aldehydes is 1. The minimum absolute atomic E-state index is 0.218. The zero-order chi connectivity index (χ0) is 17.5. The van der Waals surface area contributed by atoms with Crippen LogP contribution in [-0.4, -0.2) is 25.9 Å². The van der Waals surface area contributed by atoms with E-state index in [0.29, 0.717) is 33.4 Å². The topological polar surface area (TPSA) is 64.6 Å². The Balaban J connectivity index is 1.92. The molecule has 0 atom stereocenters. The summed E-state index contributed by atoms with van der Waals surface area (Å²) in [5.41, 5.74) is 1.18. The van der Waals surface area contributed by atoms with Crippen molar-refractivity contribution in [3.63, 3.8) is 0 Å². The predicted octanol–water partition coefficient (Wildman–Crippen LogP) is 3.51. The Morgan fingerprint density at radius 1 is 1.17 bits per heavy atom. The second-order valence-corrected chi connectivity index (χ2v) is 5.67. The van der Waals surface area contributed by atoms with Gasteiger partial charge in [-0.05, 0) is 35.9 Å². The van der Waals surface area contributed by atoms with Gasteiger partial charge in [0.15, 0.2) is 18.1 Å². The van der Waals surface area contributed by atoms with Crippen molar-refractivity contribution < 1.29 is 19.1 Å². The number of hydrogen-bond donors (Lipinski definition) is 1. The Hall–Kier alpha value is -2.24. The molecule has 0 spiro atoms. The van der Waals surface area contributed by atoms with Gasteiger partial charge in [-0.25, -0.2) is 0 Å². The van der Waals surface area contributed by atoms with E-state index in [1.165, 1.54) is 13.2 Å². The van der Waals surface area contributed by atoms with Gasteiger partial charge in [0.05, 0.1) is 7.11 Å². The monoisotopic (exact) mass is 367 g/mol. The molecule has 2 rings (SSSR count). The van der Waals surface area contributed by atoms with Gasteiger partial charge in [0.1, 0.15) is 6.29 Å². The van der Waals surface area contributed by atoms with Gasteiger partial charge in [-0.15, -0.1) is 0 Å². The van der Waals surface area contributed by atoms with E-state index in [2.05, 4.69) is 5.32 Å². The summed E-state index contributed by atoms with van der Waals surface area (Å²) in [6, 6.07) is 9.75. The molecule has 5 nitrogen and oxygen atoms in total. The normalized spacial score (nSPS) is 10.1. The Morgan fingerprint density at radius 3 is 2.62 bits per heavy atom. The number of hydrogen-bond acceptors (Lipinski definition) is 4. The molecule has 0 aromatic heterocycles. The molecule has 2 aromatic rings. The third kappa shape index (κ3) is 4.88. The molecule has 0 saturated heterocycles. The summed E-state index contributed by atoms with van der Waals surface area (Å²) in [7, 11) is 1.48. The highest BCUT2D eigenvalue weighted by molar-refractivity contribution is 6.35. The zero-order valence-electron chi connectivity index (χ0n) is 12.8. The Bertz CT molecular complexity index is 749. The standard InChI is InChI=1S/C17H15Cl2NO4/c1-23-15-5-2-11(9-21)6-16(15)24-10-17(22)20-8-12-3-4-13(18)7-14(12)19/h2-7,9H,8,10H2,1H3,(H,20,22). The second kappa shape index (κ2) is 8.57. The lowest BCUT2D eigenvalue weighted by Crippen LogP contribution is -2.28. The highest BCUT2D eigenvalue weighted by atomic mass is 35.5. The third-order valence-electron chi connectivity index (χ3n) is 3.17. The van der Waals surface area contributed by atoms with Crippen molar-refractivity contribution in [3.05, 3.63) is 57.6 Å². The minimum Gasteiger partial charge on any atom is -0.493 e. The van der Waals surface area contributed by atoms with Crippen LogP contribution in [0.1, 0.15) is 15.9 Å². The summed E-state index contributed by atoms with van der Waals surface area (Å²) >= 11 is 11.9. The van der Waals surface area contributed by atoms with Crippen molar-refractivity contribution in [1.29, 1.82) is 0 Å². The highest BCUT2D eigenvalue weighted by Crippen LogP contribution is 2.27. The zero-order valence-corrected chi connectivity index (χ0v) is 14.4. The smallest absolute Gasteiger partial charge is 0.258 e. The summed E-state index contributed by atoms with van der Waals surface area (Å²) in [4.78, 5) is 22.7. The first-order chi connectivity index (χ1) is 11.5. The highest BCUT2D eigenvalue weighted by Gasteiger charge is 2.09. The van der Waals surface area contributed by atoms with Crippen LogP contribution in [0.3, 0.4) is 0 Å². The third-order valence-corrected chi connectivity index (χ3v) is 3.76. The van der Waals surface area contributed by atoms with Crippen molar-refractivity contribution in [2.24, 2.45) is 0 Å². The number of rotatable bonds is 7. The molecule has 2 aromatic carbocycles. The number of ether oxygens (including phenoxy) is 2. The lowest BCUT2D eigenvalue weighted by Gasteiger charge is -2.11. The number of nitrogens with one attached hydrogen (secondary N) is 1. The number of carbonyl (C=O) groups excluding carboxylic acids is 2. The van der Waals surface area contributed by atoms with Gasteiger partial charge < -0.3 is 14.8 Å². The SMILES string of the molecule is COc1ccc(C=O)cc1OCC(=O)NCc1ccc(Cl)cc1Cl. The van der Waals surface area contributed by atoms with E-state index >= 15 is 0 Å². The molecule has 0 fully saturated rings. The van der Waals surface area contributed by atoms with Gasteiger partial charge in [0.25, 0.3) is 5.91 Å². The van der Waals surface area contributed by atoms with Crippen LogP contribution in [0.5, 0.6) is 11.5 Å². The van der Waals surface area contributed by atoms with Crippen molar-refractivity contribution in [2.75, 3.05) is 13.7 Å². The molecule has 0 aliphatic heterocycles. The Labute approximate surface area is 149 Å². The summed E-state index contributed by atoms with van der Waals surface area (Å²) < 4.78 is 10.6. The van der Waals surface area contributed by atoms with Gasteiger partial charge in [-0.3, -0.25) is 9.59 Å². The van der Waals surface area contributed by atoms with Crippen LogP contribution in [-0.2, 0) is 11.3 Å². The molecule has 0 aliphatic rings. The van der Waals surface area contributed by atoms with E-state index in [1.807, 2.05) is 0 Å². The van der Waals surface area contributed by atoms with E-state index in [4.69, 9.17) is 32.7 Å². The van der Waals surface area contributed by atoms with Crippen molar-refractivity contribution in [1.82, 2.24) is 5.32 Å². The molecule has 0 saturated carbocycles. The molecule has 0 unspecified atom stereocenters. The first-order valence-electron chi connectivity index (χ1n) is 7.00. The first-order valence-corrected chi connectivity index (χ1v) is 7.75. The van der Waals surface area contributed by atoms with E-state index in [1.54, 1.807) is 30.3 Å². The second-order valence-electron chi connectivity index (χ2n) is 4.83. The van der Waals surface area contributed by atoms with Crippen LogP contribution in [0.4, 0.5) is 0 Å². The average Bonchev–Trinajstić information content (AvgIpc) is 2.58. The fourth-order valence-electron chi connectivity index (χ4n) is 1.93. The average molecular weight is 368 g/mol.